The van der Waals surface area contributed by atoms with Crippen LogP contribution in [0.5, 0.6) is 0 Å². The van der Waals surface area contributed by atoms with Crippen LogP contribution in [0.15, 0.2) is 36.8 Å². The van der Waals surface area contributed by atoms with Crippen molar-refractivity contribution >= 4 is 16.7 Å². The second-order valence-electron chi connectivity index (χ2n) is 6.11. The number of pyridine rings is 3. The fraction of sp³-hybridized carbons (Fsp3) is 0.316. The van der Waals surface area contributed by atoms with Gasteiger partial charge in [-0.1, -0.05) is 6.92 Å². The van der Waals surface area contributed by atoms with E-state index in [1.165, 1.54) is 0 Å². The predicted molar refractivity (Wildman–Crippen MR) is 96.8 cm³/mol. The van der Waals surface area contributed by atoms with Crippen molar-refractivity contribution < 1.29 is 4.74 Å². The van der Waals surface area contributed by atoms with Crippen molar-refractivity contribution in [3.05, 3.63) is 47.9 Å². The van der Waals surface area contributed by atoms with Gasteiger partial charge in [-0.15, -0.1) is 0 Å². The van der Waals surface area contributed by atoms with Crippen LogP contribution < -0.4 is 5.73 Å². The van der Waals surface area contributed by atoms with Gasteiger partial charge >= 0.3 is 0 Å². The summed E-state index contributed by atoms with van der Waals surface area (Å²) < 4.78 is 5.17. The van der Waals surface area contributed by atoms with Crippen LogP contribution in [0.2, 0.25) is 0 Å². The van der Waals surface area contributed by atoms with Gasteiger partial charge in [0.05, 0.1) is 16.9 Å². The summed E-state index contributed by atoms with van der Waals surface area (Å²) in [5, 5.41) is 0. The first-order valence-corrected chi connectivity index (χ1v) is 8.06. The van der Waals surface area contributed by atoms with E-state index in [0.29, 0.717) is 11.6 Å². The van der Waals surface area contributed by atoms with E-state index in [1.54, 1.807) is 13.3 Å². The van der Waals surface area contributed by atoms with Crippen molar-refractivity contribution in [2.24, 2.45) is 0 Å². The van der Waals surface area contributed by atoms with E-state index in [9.17, 15) is 0 Å². The Morgan fingerprint density at radius 3 is 2.83 bits per heavy atom. The normalized spacial score (nSPS) is 12.5. The molecule has 3 aromatic rings. The Kier molecular flexibility index (Phi) is 4.71. The van der Waals surface area contributed by atoms with Crippen LogP contribution >= 0.6 is 0 Å². The van der Waals surface area contributed by atoms with E-state index < -0.39 is 0 Å². The van der Waals surface area contributed by atoms with E-state index in [-0.39, 0.29) is 0 Å². The molecule has 0 spiro atoms. The number of nitrogens with two attached hydrogens (primary N) is 1. The lowest BCUT2D eigenvalue weighted by molar-refractivity contribution is 0.189. The lowest BCUT2D eigenvalue weighted by Crippen LogP contribution is -2.01. The Morgan fingerprint density at radius 1 is 1.25 bits per heavy atom. The number of fused-ring (bicyclic) bond motifs is 1. The Hall–Kier alpha value is -2.53. The number of nitrogens with zero attached hydrogens (tertiary/aromatic N) is 3. The molecule has 0 aromatic carbocycles. The zero-order valence-corrected chi connectivity index (χ0v) is 14.3. The van der Waals surface area contributed by atoms with Gasteiger partial charge in [0.25, 0.3) is 0 Å². The third-order valence-electron chi connectivity index (χ3n) is 4.33. The van der Waals surface area contributed by atoms with Crippen LogP contribution in [0.4, 0.5) is 5.69 Å². The number of nitrogen functional groups attached to an aromatic ring is 1. The molecule has 3 heterocycles. The van der Waals surface area contributed by atoms with Crippen molar-refractivity contribution in [1.82, 2.24) is 15.0 Å². The Bertz CT molecular complexity index is 863. The molecule has 1 atom stereocenters. The minimum absolute atomic E-state index is 0.355. The fourth-order valence-electron chi connectivity index (χ4n) is 2.75. The quantitative estimate of drug-likeness (QED) is 0.775. The Balaban J connectivity index is 2.07. The fourth-order valence-corrected chi connectivity index (χ4v) is 2.75. The highest BCUT2D eigenvalue weighted by Gasteiger charge is 2.12. The summed E-state index contributed by atoms with van der Waals surface area (Å²) in [7, 11) is 1.72. The monoisotopic (exact) mass is 322 g/mol. The molecular weight excluding hydrogens is 300 g/mol. The number of methoxy groups -OCH3 is 1. The molecule has 0 aliphatic rings. The topological polar surface area (TPSA) is 73.9 Å². The van der Waals surface area contributed by atoms with Gasteiger partial charge in [0.15, 0.2) is 0 Å². The molecule has 24 heavy (non-hydrogen) atoms. The molecule has 124 valence electrons. The zero-order valence-electron chi connectivity index (χ0n) is 14.3. The summed E-state index contributed by atoms with van der Waals surface area (Å²) in [5.74, 6) is 0.355. The number of anilines is 1. The highest BCUT2D eigenvalue weighted by molar-refractivity contribution is 5.89. The van der Waals surface area contributed by atoms with Gasteiger partial charge in [0.2, 0.25) is 0 Å². The van der Waals surface area contributed by atoms with Crippen LogP contribution in [0.1, 0.15) is 30.4 Å². The molecule has 5 heteroatoms. The van der Waals surface area contributed by atoms with Crippen LogP contribution in [-0.4, -0.2) is 28.7 Å². The van der Waals surface area contributed by atoms with E-state index in [0.717, 1.165) is 46.4 Å². The molecule has 0 amide bonds. The molecule has 1 unspecified atom stereocenters. The first-order valence-electron chi connectivity index (χ1n) is 8.06. The molecule has 0 aliphatic carbocycles. The SMILES string of the molecule is COCCC(C)c1cnc2c(N)cc(-c3cnccc3C)nc2c1. The zero-order chi connectivity index (χ0) is 17.1. The maximum absolute atomic E-state index is 6.21. The standard InChI is InChI=1S/C19H22N4O/c1-12(5-7-24-3)14-8-18-19(22-10-14)16(20)9-17(23-18)15-11-21-6-4-13(15)2/h4,6,8-12H,5,7H2,1-3H3,(H2,20,23). The van der Waals surface area contributed by atoms with Crippen molar-refractivity contribution in [1.29, 1.82) is 0 Å². The second kappa shape index (κ2) is 6.93. The maximum atomic E-state index is 6.21. The largest absolute Gasteiger partial charge is 0.397 e. The molecule has 0 saturated carbocycles. The van der Waals surface area contributed by atoms with Crippen LogP contribution in [-0.2, 0) is 4.74 Å². The summed E-state index contributed by atoms with van der Waals surface area (Å²) in [5.41, 5.74) is 12.5. The molecule has 3 aromatic heterocycles. The smallest absolute Gasteiger partial charge is 0.112 e. The summed E-state index contributed by atoms with van der Waals surface area (Å²) in [4.78, 5) is 13.5. The molecule has 0 aliphatic heterocycles. The third-order valence-corrected chi connectivity index (χ3v) is 4.33. The van der Waals surface area contributed by atoms with E-state index in [2.05, 4.69) is 23.0 Å². The van der Waals surface area contributed by atoms with E-state index in [4.69, 9.17) is 15.5 Å². The highest BCUT2D eigenvalue weighted by Crippen LogP contribution is 2.29. The van der Waals surface area contributed by atoms with Gasteiger partial charge in [-0.2, -0.15) is 0 Å². The summed E-state index contributed by atoms with van der Waals surface area (Å²) in [6.07, 6.45) is 6.43. The number of aryl methyl sites for hydroxylation is 1. The Morgan fingerprint density at radius 2 is 2.08 bits per heavy atom. The van der Waals surface area contributed by atoms with Gasteiger partial charge in [-0.3, -0.25) is 9.97 Å². The van der Waals surface area contributed by atoms with E-state index in [1.807, 2.05) is 31.5 Å². The van der Waals surface area contributed by atoms with Gasteiger partial charge in [0, 0.05) is 37.9 Å². The molecule has 2 N–H and O–H groups in total. The second-order valence-corrected chi connectivity index (χ2v) is 6.11. The molecule has 5 nitrogen and oxygen atoms in total. The molecule has 3 rings (SSSR count). The third kappa shape index (κ3) is 3.21. The van der Waals surface area contributed by atoms with Crippen LogP contribution in [0, 0.1) is 6.92 Å². The summed E-state index contributed by atoms with van der Waals surface area (Å²) in [6.45, 7) is 4.94. The van der Waals surface area contributed by atoms with Crippen LogP contribution in [0.3, 0.4) is 0 Å². The Labute approximate surface area is 141 Å². The number of hydrogen-bond acceptors (Lipinski definition) is 5. The summed E-state index contributed by atoms with van der Waals surface area (Å²) in [6, 6.07) is 5.92. The van der Waals surface area contributed by atoms with Crippen molar-refractivity contribution in [3.63, 3.8) is 0 Å². The van der Waals surface area contributed by atoms with Crippen molar-refractivity contribution in [2.75, 3.05) is 19.5 Å². The highest BCUT2D eigenvalue weighted by atomic mass is 16.5. The molecular formula is C19H22N4O. The van der Waals surface area contributed by atoms with Gasteiger partial charge in [-0.05, 0) is 48.6 Å². The molecule has 0 radical (unpaired) electrons. The molecule has 0 saturated heterocycles. The number of rotatable bonds is 5. The van der Waals surface area contributed by atoms with Gasteiger partial charge in [-0.25, -0.2) is 4.98 Å². The molecule has 0 fully saturated rings. The van der Waals surface area contributed by atoms with E-state index >= 15 is 0 Å². The van der Waals surface area contributed by atoms with Crippen molar-refractivity contribution in [3.8, 4) is 11.3 Å². The first kappa shape index (κ1) is 16.3. The van der Waals surface area contributed by atoms with Gasteiger partial charge < -0.3 is 10.5 Å². The minimum Gasteiger partial charge on any atom is -0.397 e. The lowest BCUT2D eigenvalue weighted by Gasteiger charge is -2.13. The average molecular weight is 322 g/mol. The first-order chi connectivity index (χ1) is 11.6. The average Bonchev–Trinajstić information content (AvgIpc) is 2.59. The number of hydrogen-bond donors (Lipinski definition) is 1. The summed E-state index contributed by atoms with van der Waals surface area (Å²) >= 11 is 0. The number of aromatic nitrogens is 3. The lowest BCUT2D eigenvalue weighted by atomic mass is 9.99. The van der Waals surface area contributed by atoms with Gasteiger partial charge in [0.1, 0.15) is 5.52 Å². The maximum Gasteiger partial charge on any atom is 0.112 e. The predicted octanol–water partition coefficient (Wildman–Crippen LogP) is 3.72. The number of ether oxygens (including phenoxy) is 1. The van der Waals surface area contributed by atoms with Crippen molar-refractivity contribution in [2.45, 2.75) is 26.2 Å². The minimum atomic E-state index is 0.355. The molecule has 0 bridgehead atoms. The van der Waals surface area contributed by atoms with Crippen LogP contribution in [0.25, 0.3) is 22.3 Å².